The van der Waals surface area contributed by atoms with E-state index in [1.807, 2.05) is 37.3 Å². The minimum absolute atomic E-state index is 0.0308. The van der Waals surface area contributed by atoms with Gasteiger partial charge in [0.1, 0.15) is 0 Å². The third kappa shape index (κ3) is 5.33. The summed E-state index contributed by atoms with van der Waals surface area (Å²) in [5.74, 6) is -5.92. The average Bonchev–Trinajstić information content (AvgIpc) is 2.86. The molecule has 5 heteroatoms. The molecule has 0 aromatic heterocycles. The van der Waals surface area contributed by atoms with Crippen molar-refractivity contribution < 1.29 is 17.6 Å². The standard InChI is InChI=1S/C29H29ClF4/c1-18(30)6-5-7-19-10-12-22(13-11-19)24-25(27(32)29(34)28(33)26(24)31)23-16-14-21(15-17-23)20-8-3-2-4-9-20/h2-4,8-9,14-19,22H,5-7,10-13H2,1H3. The summed E-state index contributed by atoms with van der Waals surface area (Å²) in [5, 5.41) is 0.145. The zero-order chi connectivity index (χ0) is 24.2. The van der Waals surface area contributed by atoms with E-state index in [1.54, 1.807) is 24.3 Å². The van der Waals surface area contributed by atoms with E-state index in [9.17, 15) is 8.78 Å². The highest BCUT2D eigenvalue weighted by molar-refractivity contribution is 6.20. The Labute approximate surface area is 204 Å². The number of rotatable bonds is 7. The van der Waals surface area contributed by atoms with E-state index >= 15 is 8.78 Å². The molecule has 1 atom stereocenters. The molecule has 3 aromatic carbocycles. The van der Waals surface area contributed by atoms with E-state index in [0.29, 0.717) is 24.3 Å². The van der Waals surface area contributed by atoms with Crippen LogP contribution in [0.5, 0.6) is 0 Å². The maximum absolute atomic E-state index is 15.1. The third-order valence-electron chi connectivity index (χ3n) is 7.05. The van der Waals surface area contributed by atoms with Gasteiger partial charge in [-0.2, -0.15) is 0 Å². The maximum Gasteiger partial charge on any atom is 0.198 e. The van der Waals surface area contributed by atoms with Crippen LogP contribution in [0.15, 0.2) is 54.6 Å². The molecule has 0 aliphatic heterocycles. The van der Waals surface area contributed by atoms with Crippen LogP contribution in [0.1, 0.15) is 63.4 Å². The molecule has 1 aliphatic rings. The van der Waals surface area contributed by atoms with E-state index in [2.05, 4.69) is 0 Å². The van der Waals surface area contributed by atoms with Crippen molar-refractivity contribution in [3.8, 4) is 22.3 Å². The molecule has 1 saturated carbocycles. The Morgan fingerprint density at radius 3 is 1.91 bits per heavy atom. The van der Waals surface area contributed by atoms with E-state index in [0.717, 1.165) is 43.2 Å². The van der Waals surface area contributed by atoms with Crippen LogP contribution in [0.3, 0.4) is 0 Å². The molecule has 34 heavy (non-hydrogen) atoms. The van der Waals surface area contributed by atoms with Crippen molar-refractivity contribution in [2.24, 2.45) is 5.92 Å². The van der Waals surface area contributed by atoms with Gasteiger partial charge in [0.05, 0.1) is 0 Å². The molecule has 0 N–H and O–H groups in total. The van der Waals surface area contributed by atoms with Crippen molar-refractivity contribution in [3.05, 3.63) is 83.4 Å². The van der Waals surface area contributed by atoms with Gasteiger partial charge in [-0.3, -0.25) is 0 Å². The molecule has 0 nitrogen and oxygen atoms in total. The van der Waals surface area contributed by atoms with Gasteiger partial charge in [0.15, 0.2) is 23.3 Å². The molecule has 0 heterocycles. The topological polar surface area (TPSA) is 0 Å². The minimum atomic E-state index is -1.76. The van der Waals surface area contributed by atoms with Crippen molar-refractivity contribution in [3.63, 3.8) is 0 Å². The summed E-state index contributed by atoms with van der Waals surface area (Å²) in [6.45, 7) is 1.98. The lowest BCUT2D eigenvalue weighted by Crippen LogP contribution is -2.17. The van der Waals surface area contributed by atoms with Crippen LogP contribution in [0.2, 0.25) is 0 Å². The summed E-state index contributed by atoms with van der Waals surface area (Å²) >= 11 is 6.04. The summed E-state index contributed by atoms with van der Waals surface area (Å²) in [6, 6.07) is 16.5. The van der Waals surface area contributed by atoms with Crippen molar-refractivity contribution >= 4 is 11.6 Å². The van der Waals surface area contributed by atoms with Crippen LogP contribution < -0.4 is 0 Å². The minimum Gasteiger partial charge on any atom is -0.203 e. The maximum atomic E-state index is 15.1. The first kappa shape index (κ1) is 24.8. The molecule has 1 unspecified atom stereocenters. The molecule has 4 rings (SSSR count). The van der Waals surface area contributed by atoms with Gasteiger partial charge in [0.2, 0.25) is 0 Å². The first-order valence-corrected chi connectivity index (χ1v) is 12.5. The first-order chi connectivity index (χ1) is 16.4. The molecule has 0 radical (unpaired) electrons. The predicted octanol–water partition coefficient (Wildman–Crippen LogP) is 9.65. The molecule has 1 fully saturated rings. The number of hydrogen-bond donors (Lipinski definition) is 0. The molecule has 0 bridgehead atoms. The van der Waals surface area contributed by atoms with Crippen molar-refractivity contribution in [2.75, 3.05) is 0 Å². The molecular formula is C29H29ClF4. The molecule has 180 valence electrons. The fourth-order valence-electron chi connectivity index (χ4n) is 5.20. The lowest BCUT2D eigenvalue weighted by atomic mass is 9.75. The summed E-state index contributed by atoms with van der Waals surface area (Å²) in [6.07, 6.45) is 5.99. The SMILES string of the molecule is CC(Cl)CCCC1CCC(c2c(F)c(F)c(F)c(F)c2-c2ccc(-c3ccccc3)cc2)CC1. The van der Waals surface area contributed by atoms with Crippen molar-refractivity contribution in [1.82, 2.24) is 0 Å². The van der Waals surface area contributed by atoms with Gasteiger partial charge in [-0.1, -0.05) is 67.4 Å². The average molecular weight is 489 g/mol. The third-order valence-corrected chi connectivity index (χ3v) is 7.27. The van der Waals surface area contributed by atoms with Gasteiger partial charge in [0, 0.05) is 16.5 Å². The molecule has 3 aromatic rings. The van der Waals surface area contributed by atoms with E-state index in [4.69, 9.17) is 11.6 Å². The van der Waals surface area contributed by atoms with Gasteiger partial charge in [-0.05, 0) is 67.6 Å². The van der Waals surface area contributed by atoms with Gasteiger partial charge in [-0.25, -0.2) is 17.6 Å². The highest BCUT2D eigenvalue weighted by Gasteiger charge is 2.32. The lowest BCUT2D eigenvalue weighted by Gasteiger charge is -2.30. The fraction of sp³-hybridized carbons (Fsp3) is 0.379. The van der Waals surface area contributed by atoms with Crippen LogP contribution in [-0.4, -0.2) is 5.38 Å². The van der Waals surface area contributed by atoms with Gasteiger partial charge in [-0.15, -0.1) is 11.6 Å². The van der Waals surface area contributed by atoms with Crippen LogP contribution in [0.25, 0.3) is 22.3 Å². The second-order valence-corrected chi connectivity index (χ2v) is 10.2. The van der Waals surface area contributed by atoms with Gasteiger partial charge >= 0.3 is 0 Å². The summed E-state index contributed by atoms with van der Waals surface area (Å²) < 4.78 is 58.8. The van der Waals surface area contributed by atoms with E-state index < -0.39 is 23.3 Å². The Balaban J connectivity index is 1.63. The van der Waals surface area contributed by atoms with Crippen LogP contribution in [-0.2, 0) is 0 Å². The zero-order valence-electron chi connectivity index (χ0n) is 19.3. The largest absolute Gasteiger partial charge is 0.203 e. The smallest absolute Gasteiger partial charge is 0.198 e. The van der Waals surface area contributed by atoms with Crippen LogP contribution in [0.4, 0.5) is 17.6 Å². The van der Waals surface area contributed by atoms with Crippen molar-refractivity contribution in [2.45, 2.75) is 63.2 Å². The number of alkyl halides is 1. The second kappa shape index (κ2) is 10.9. The van der Waals surface area contributed by atoms with Gasteiger partial charge in [0.25, 0.3) is 0 Å². The van der Waals surface area contributed by atoms with E-state index in [1.165, 1.54) is 0 Å². The Kier molecular flexibility index (Phi) is 7.98. The first-order valence-electron chi connectivity index (χ1n) is 12.0. The Bertz CT molecular complexity index is 1100. The molecular weight excluding hydrogens is 460 g/mol. The Hall–Kier alpha value is -2.33. The predicted molar refractivity (Wildman–Crippen MR) is 131 cm³/mol. The molecule has 0 amide bonds. The van der Waals surface area contributed by atoms with Crippen molar-refractivity contribution in [1.29, 1.82) is 0 Å². The highest BCUT2D eigenvalue weighted by atomic mass is 35.5. The molecule has 0 spiro atoms. The summed E-state index contributed by atoms with van der Waals surface area (Å²) in [4.78, 5) is 0. The lowest BCUT2D eigenvalue weighted by molar-refractivity contribution is 0.296. The van der Waals surface area contributed by atoms with Gasteiger partial charge < -0.3 is 0 Å². The zero-order valence-corrected chi connectivity index (χ0v) is 20.0. The Morgan fingerprint density at radius 2 is 1.29 bits per heavy atom. The molecule has 1 aliphatic carbocycles. The second-order valence-electron chi connectivity index (χ2n) is 9.42. The van der Waals surface area contributed by atoms with Crippen LogP contribution >= 0.6 is 11.6 Å². The summed E-state index contributed by atoms with van der Waals surface area (Å²) in [5.41, 5.74) is 2.05. The number of halogens is 5. The number of hydrogen-bond acceptors (Lipinski definition) is 0. The van der Waals surface area contributed by atoms with Crippen LogP contribution in [0, 0.1) is 29.2 Å². The molecule has 0 saturated heterocycles. The summed E-state index contributed by atoms with van der Waals surface area (Å²) in [7, 11) is 0. The highest BCUT2D eigenvalue weighted by Crippen LogP contribution is 2.44. The Morgan fingerprint density at radius 1 is 0.735 bits per heavy atom. The normalized spacial score (nSPS) is 19.2. The fourth-order valence-corrected chi connectivity index (χ4v) is 5.36. The monoisotopic (exact) mass is 488 g/mol. The van der Waals surface area contributed by atoms with E-state index in [-0.39, 0.29) is 22.4 Å². The number of benzene rings is 3. The quantitative estimate of drug-likeness (QED) is 0.134.